The number of hydrogen-bond donors (Lipinski definition) is 1. The van der Waals surface area contributed by atoms with Gasteiger partial charge in [0.15, 0.2) is 5.65 Å². The van der Waals surface area contributed by atoms with Gasteiger partial charge in [-0.05, 0) is 51.0 Å². The maximum absolute atomic E-state index is 12.8. The smallest absolute Gasteiger partial charge is 0.244 e. The van der Waals surface area contributed by atoms with Crippen molar-refractivity contribution >= 4 is 15.7 Å². The van der Waals surface area contributed by atoms with Gasteiger partial charge >= 0.3 is 0 Å². The van der Waals surface area contributed by atoms with Crippen LogP contribution in [0.2, 0.25) is 0 Å². The molecule has 0 aliphatic carbocycles. The van der Waals surface area contributed by atoms with E-state index < -0.39 is 10.0 Å². The lowest BCUT2D eigenvalue weighted by Gasteiger charge is -2.15. The van der Waals surface area contributed by atoms with Gasteiger partial charge in [-0.3, -0.25) is 0 Å². The molecule has 0 spiro atoms. The molecular weight excluding hydrogens is 364 g/mol. The Morgan fingerprint density at radius 2 is 2.00 bits per heavy atom. The van der Waals surface area contributed by atoms with Crippen LogP contribution >= 0.6 is 0 Å². The number of methoxy groups -OCH3 is 1. The first kappa shape index (κ1) is 19.3. The molecule has 2 aromatic heterocycles. The van der Waals surface area contributed by atoms with Gasteiger partial charge in [-0.15, -0.1) is 0 Å². The minimum absolute atomic E-state index is 0.103. The Morgan fingerprint density at radius 1 is 1.26 bits per heavy atom. The molecule has 1 N–H and O–H groups in total. The molecule has 8 heteroatoms. The van der Waals surface area contributed by atoms with Crippen LogP contribution in [0, 0.1) is 13.8 Å². The van der Waals surface area contributed by atoms with E-state index in [4.69, 9.17) is 4.74 Å². The normalized spacial score (nSPS) is 13.1. The van der Waals surface area contributed by atoms with Gasteiger partial charge in [0.2, 0.25) is 10.0 Å². The number of nitrogens with one attached hydrogen (secondary N) is 1. The minimum atomic E-state index is -3.72. The summed E-state index contributed by atoms with van der Waals surface area (Å²) in [6.07, 6.45) is 2.40. The highest BCUT2D eigenvalue weighted by Gasteiger charge is 2.23. The molecule has 0 fully saturated rings. The van der Waals surface area contributed by atoms with Gasteiger partial charge in [-0.1, -0.05) is 13.0 Å². The minimum Gasteiger partial charge on any atom is -0.495 e. The van der Waals surface area contributed by atoms with Crippen molar-refractivity contribution in [3.8, 4) is 16.9 Å². The number of hydrogen-bond acceptors (Lipinski definition) is 5. The molecule has 2 heterocycles. The van der Waals surface area contributed by atoms with Crippen LogP contribution in [0.4, 0.5) is 0 Å². The summed E-state index contributed by atoms with van der Waals surface area (Å²) in [6.45, 7) is 7.63. The van der Waals surface area contributed by atoms with Crippen molar-refractivity contribution in [2.45, 2.75) is 45.1 Å². The number of sulfonamides is 1. The van der Waals surface area contributed by atoms with Crippen molar-refractivity contribution < 1.29 is 13.2 Å². The lowest BCUT2D eigenvalue weighted by Crippen LogP contribution is -2.32. The first-order valence-electron chi connectivity index (χ1n) is 8.79. The van der Waals surface area contributed by atoms with Gasteiger partial charge in [0, 0.05) is 23.0 Å². The Hall–Kier alpha value is -2.45. The van der Waals surface area contributed by atoms with Crippen molar-refractivity contribution in [2.75, 3.05) is 7.11 Å². The molecule has 27 heavy (non-hydrogen) atoms. The third-order valence-corrected chi connectivity index (χ3v) is 6.12. The van der Waals surface area contributed by atoms with Gasteiger partial charge < -0.3 is 4.74 Å². The summed E-state index contributed by atoms with van der Waals surface area (Å²) in [5.74, 6) is 0.298. The van der Waals surface area contributed by atoms with E-state index in [1.165, 1.54) is 7.11 Å². The summed E-state index contributed by atoms with van der Waals surface area (Å²) in [5, 5.41) is 4.39. The predicted molar refractivity (Wildman–Crippen MR) is 105 cm³/mol. The van der Waals surface area contributed by atoms with Gasteiger partial charge in [-0.25, -0.2) is 22.6 Å². The first-order valence-corrected chi connectivity index (χ1v) is 10.3. The number of ether oxygens (including phenoxy) is 1. The van der Waals surface area contributed by atoms with Crippen LogP contribution in [0.1, 0.15) is 31.7 Å². The molecule has 0 amide bonds. The highest BCUT2D eigenvalue weighted by Crippen LogP contribution is 2.32. The zero-order valence-corrected chi connectivity index (χ0v) is 17.0. The summed E-state index contributed by atoms with van der Waals surface area (Å²) in [7, 11) is -2.26. The second kappa shape index (κ2) is 7.28. The molecule has 0 radical (unpaired) electrons. The Labute approximate surface area is 159 Å². The average Bonchev–Trinajstić information content (AvgIpc) is 3.04. The summed E-state index contributed by atoms with van der Waals surface area (Å²) >= 11 is 0. The van der Waals surface area contributed by atoms with E-state index in [0.29, 0.717) is 23.4 Å². The van der Waals surface area contributed by atoms with Crippen LogP contribution < -0.4 is 9.46 Å². The van der Waals surface area contributed by atoms with E-state index >= 15 is 0 Å². The second-order valence-corrected chi connectivity index (χ2v) is 8.31. The number of fused-ring (bicyclic) bond motifs is 1. The van der Waals surface area contributed by atoms with Crippen LogP contribution in [0.25, 0.3) is 16.8 Å². The number of aryl methyl sites for hydroxylation is 2. The second-order valence-electron chi connectivity index (χ2n) is 6.63. The van der Waals surface area contributed by atoms with E-state index in [9.17, 15) is 8.42 Å². The topological polar surface area (TPSA) is 85.6 Å². The summed E-state index contributed by atoms with van der Waals surface area (Å²) in [5.41, 5.74) is 4.01. The van der Waals surface area contributed by atoms with Crippen LogP contribution in [0.15, 0.2) is 35.4 Å². The third kappa shape index (κ3) is 3.68. The molecular formula is C19H24N4O3S. The molecule has 0 saturated heterocycles. The number of aromatic nitrogens is 3. The Kier molecular flexibility index (Phi) is 5.21. The lowest BCUT2D eigenvalue weighted by molar-refractivity contribution is 0.402. The van der Waals surface area contributed by atoms with E-state index in [2.05, 4.69) is 14.8 Å². The van der Waals surface area contributed by atoms with E-state index in [1.54, 1.807) is 22.8 Å². The molecule has 3 rings (SSSR count). The largest absolute Gasteiger partial charge is 0.495 e. The van der Waals surface area contributed by atoms with Gasteiger partial charge in [0.25, 0.3) is 0 Å². The lowest BCUT2D eigenvalue weighted by atomic mass is 10.1. The quantitative estimate of drug-likeness (QED) is 0.701. The Morgan fingerprint density at radius 3 is 2.67 bits per heavy atom. The average molecular weight is 388 g/mol. The summed E-state index contributed by atoms with van der Waals surface area (Å²) in [6, 6.07) is 6.86. The third-order valence-electron chi connectivity index (χ3n) is 4.51. The zero-order valence-electron chi connectivity index (χ0n) is 16.1. The van der Waals surface area contributed by atoms with Crippen molar-refractivity contribution in [1.82, 2.24) is 19.3 Å². The van der Waals surface area contributed by atoms with E-state index in [0.717, 1.165) is 17.0 Å². The molecule has 3 aromatic rings. The molecule has 0 aliphatic heterocycles. The standard InChI is InChI=1S/C19H24N4O3S/c1-6-12(2)22-27(24,25)18-10-15(7-8-17(18)26-5)16-11-20-23-14(4)9-13(3)21-19(16)23/h7-12,22H,6H2,1-5H3/t12-/m0/s1. The van der Waals surface area contributed by atoms with Gasteiger partial charge in [-0.2, -0.15) is 5.10 Å². The number of rotatable bonds is 6. The summed E-state index contributed by atoms with van der Waals surface area (Å²) in [4.78, 5) is 4.68. The zero-order chi connectivity index (χ0) is 19.8. The number of nitrogens with zero attached hydrogens (tertiary/aromatic N) is 3. The highest BCUT2D eigenvalue weighted by atomic mass is 32.2. The maximum Gasteiger partial charge on any atom is 0.244 e. The van der Waals surface area contributed by atoms with Crippen molar-refractivity contribution in [1.29, 1.82) is 0 Å². The SMILES string of the molecule is CC[C@H](C)NS(=O)(=O)c1cc(-c2cnn3c(C)cc(C)nc23)ccc1OC. The van der Waals surface area contributed by atoms with Crippen molar-refractivity contribution in [2.24, 2.45) is 0 Å². The van der Waals surface area contributed by atoms with Crippen LogP contribution in [0.3, 0.4) is 0 Å². The Balaban J connectivity index is 2.17. The fourth-order valence-corrected chi connectivity index (χ4v) is 4.46. The molecule has 7 nitrogen and oxygen atoms in total. The van der Waals surface area contributed by atoms with Crippen molar-refractivity contribution in [3.63, 3.8) is 0 Å². The predicted octanol–water partition coefficient (Wildman–Crippen LogP) is 3.10. The van der Waals surface area contributed by atoms with Gasteiger partial charge in [0.1, 0.15) is 10.6 Å². The highest BCUT2D eigenvalue weighted by molar-refractivity contribution is 7.89. The molecule has 0 aliphatic rings. The molecule has 1 atom stereocenters. The van der Waals surface area contributed by atoms with Gasteiger partial charge in [0.05, 0.1) is 13.3 Å². The van der Waals surface area contributed by atoms with E-state index in [-0.39, 0.29) is 10.9 Å². The maximum atomic E-state index is 12.8. The molecule has 144 valence electrons. The van der Waals surface area contributed by atoms with Crippen LogP contribution in [-0.4, -0.2) is 36.2 Å². The molecule has 0 bridgehead atoms. The molecule has 1 aromatic carbocycles. The Bertz CT molecular complexity index is 1090. The monoisotopic (exact) mass is 388 g/mol. The molecule has 0 unspecified atom stereocenters. The first-order chi connectivity index (χ1) is 12.8. The fraction of sp³-hybridized carbons (Fsp3) is 0.368. The van der Waals surface area contributed by atoms with Crippen LogP contribution in [-0.2, 0) is 10.0 Å². The molecule has 0 saturated carbocycles. The van der Waals surface area contributed by atoms with Crippen molar-refractivity contribution in [3.05, 3.63) is 41.9 Å². The number of benzene rings is 1. The van der Waals surface area contributed by atoms with E-state index in [1.807, 2.05) is 39.8 Å². The fourth-order valence-electron chi connectivity index (χ4n) is 2.94. The summed E-state index contributed by atoms with van der Waals surface area (Å²) < 4.78 is 35.4. The van der Waals surface area contributed by atoms with Crippen LogP contribution in [0.5, 0.6) is 5.75 Å².